The van der Waals surface area contributed by atoms with Gasteiger partial charge in [0, 0.05) is 54.7 Å². The van der Waals surface area contributed by atoms with Gasteiger partial charge >= 0.3 is 0 Å². The summed E-state index contributed by atoms with van der Waals surface area (Å²) in [6, 6.07) is 74.5. The SMILES string of the molecule is c1ccc(-c2ccc(-c3cc(-n4c5ccccc5c5cc6c(cc54)c4ccccc4n6-c4nc(-c5ccccc5)nc(-c5ccccc5)n4)cc4c3oc3ccccc34)cc2)cc1. The molecule has 0 bridgehead atoms. The van der Waals surface area contributed by atoms with Crippen molar-refractivity contribution in [2.24, 2.45) is 0 Å². The Hall–Kier alpha value is -8.61. The summed E-state index contributed by atoms with van der Waals surface area (Å²) in [5, 5.41) is 6.68. The van der Waals surface area contributed by atoms with Crippen LogP contribution in [0.4, 0.5) is 0 Å². The number of nitrogens with zero attached hydrogens (tertiary/aromatic N) is 5. The monoisotopic (exact) mass is 805 g/mol. The Morgan fingerprint density at radius 3 is 1.41 bits per heavy atom. The van der Waals surface area contributed by atoms with E-state index in [4.69, 9.17) is 19.4 Å². The lowest BCUT2D eigenvalue weighted by Gasteiger charge is -2.13. The fourth-order valence-corrected chi connectivity index (χ4v) is 9.45. The van der Waals surface area contributed by atoms with Gasteiger partial charge in [-0.1, -0.05) is 170 Å². The van der Waals surface area contributed by atoms with Gasteiger partial charge < -0.3 is 8.98 Å². The molecular weight excluding hydrogens is 771 g/mol. The van der Waals surface area contributed by atoms with Crippen LogP contribution in [0, 0.1) is 0 Å². The molecular formula is C57H35N5O. The highest BCUT2D eigenvalue weighted by Gasteiger charge is 2.23. The van der Waals surface area contributed by atoms with Crippen LogP contribution in [0.3, 0.4) is 0 Å². The molecule has 0 saturated heterocycles. The maximum absolute atomic E-state index is 6.70. The van der Waals surface area contributed by atoms with Crippen molar-refractivity contribution in [1.82, 2.24) is 24.1 Å². The maximum atomic E-state index is 6.70. The van der Waals surface area contributed by atoms with Crippen LogP contribution in [0.15, 0.2) is 217 Å². The fourth-order valence-electron chi connectivity index (χ4n) is 9.45. The van der Waals surface area contributed by atoms with E-state index < -0.39 is 0 Å². The van der Waals surface area contributed by atoms with E-state index in [9.17, 15) is 0 Å². The van der Waals surface area contributed by atoms with Gasteiger partial charge in [-0.2, -0.15) is 9.97 Å². The summed E-state index contributed by atoms with van der Waals surface area (Å²) < 4.78 is 11.3. The van der Waals surface area contributed by atoms with Crippen molar-refractivity contribution in [3.05, 3.63) is 212 Å². The summed E-state index contributed by atoms with van der Waals surface area (Å²) in [4.78, 5) is 15.4. The smallest absolute Gasteiger partial charge is 0.238 e. The van der Waals surface area contributed by atoms with Crippen LogP contribution < -0.4 is 0 Å². The quantitative estimate of drug-likeness (QED) is 0.168. The summed E-state index contributed by atoms with van der Waals surface area (Å²) in [5.41, 5.74) is 13.4. The zero-order chi connectivity index (χ0) is 41.4. The first-order chi connectivity index (χ1) is 31.2. The van der Waals surface area contributed by atoms with Crippen molar-refractivity contribution in [2.45, 2.75) is 0 Å². The molecule has 4 aromatic heterocycles. The molecule has 0 unspecified atom stereocenters. The number of benzene rings is 9. The zero-order valence-corrected chi connectivity index (χ0v) is 33.9. The Bertz CT molecular complexity index is 3830. The first-order valence-electron chi connectivity index (χ1n) is 21.2. The van der Waals surface area contributed by atoms with Gasteiger partial charge in [0.2, 0.25) is 5.95 Å². The van der Waals surface area contributed by atoms with Crippen LogP contribution in [0.1, 0.15) is 0 Å². The Labute approximate surface area is 361 Å². The highest BCUT2D eigenvalue weighted by molar-refractivity contribution is 6.19. The number of hydrogen-bond donors (Lipinski definition) is 0. The minimum atomic E-state index is 0.567. The van der Waals surface area contributed by atoms with E-state index >= 15 is 0 Å². The molecule has 13 aromatic rings. The molecule has 6 heteroatoms. The lowest BCUT2D eigenvalue weighted by Crippen LogP contribution is -2.06. The van der Waals surface area contributed by atoms with Crippen molar-refractivity contribution in [3.8, 4) is 56.7 Å². The van der Waals surface area contributed by atoms with Gasteiger partial charge in [-0.25, -0.2) is 4.98 Å². The highest BCUT2D eigenvalue weighted by Crippen LogP contribution is 2.43. The standard InChI is InChI=1S/C57H35N5O/c1-4-16-36(17-5-1)37-28-30-38(31-29-37)45-32-41(33-48-44-24-12-15-27-53(44)63-54(45)48)61-49-25-13-10-22-42(49)46-35-52-47(34-51(46)61)43-23-11-14-26-50(43)62(52)57-59-55(39-18-6-2-7-19-39)58-56(60-57)40-20-8-3-9-21-40/h1-35H. The summed E-state index contributed by atoms with van der Waals surface area (Å²) in [6.07, 6.45) is 0. The average Bonchev–Trinajstić information content (AvgIpc) is 4.01. The van der Waals surface area contributed by atoms with Crippen LogP contribution in [-0.4, -0.2) is 24.1 Å². The van der Waals surface area contributed by atoms with Crippen LogP contribution in [0.5, 0.6) is 0 Å². The molecule has 0 aliphatic rings. The Balaban J connectivity index is 1.08. The molecule has 0 saturated carbocycles. The molecule has 294 valence electrons. The van der Waals surface area contributed by atoms with Gasteiger partial charge in [-0.15, -0.1) is 0 Å². The molecule has 0 radical (unpaired) electrons. The van der Waals surface area contributed by atoms with Crippen LogP contribution >= 0.6 is 0 Å². The molecule has 4 heterocycles. The minimum Gasteiger partial charge on any atom is -0.455 e. The Kier molecular flexibility index (Phi) is 7.80. The van der Waals surface area contributed by atoms with Crippen LogP contribution in [-0.2, 0) is 0 Å². The molecule has 0 aliphatic carbocycles. The van der Waals surface area contributed by atoms with E-state index in [1.54, 1.807) is 0 Å². The maximum Gasteiger partial charge on any atom is 0.238 e. The van der Waals surface area contributed by atoms with E-state index in [1.165, 1.54) is 11.1 Å². The predicted octanol–water partition coefficient (Wildman–Crippen LogP) is 14.6. The van der Waals surface area contributed by atoms with E-state index in [-0.39, 0.29) is 0 Å². The first kappa shape index (κ1) is 35.2. The number of aromatic nitrogens is 5. The van der Waals surface area contributed by atoms with E-state index in [1.807, 2.05) is 66.7 Å². The van der Waals surface area contributed by atoms with Gasteiger partial charge in [0.05, 0.1) is 22.1 Å². The molecule has 0 fully saturated rings. The van der Waals surface area contributed by atoms with Crippen molar-refractivity contribution in [3.63, 3.8) is 0 Å². The first-order valence-corrected chi connectivity index (χ1v) is 21.2. The second-order valence-corrected chi connectivity index (χ2v) is 16.0. The number of rotatable bonds is 6. The molecule has 0 atom stereocenters. The molecule has 0 amide bonds. The Morgan fingerprint density at radius 2 is 0.794 bits per heavy atom. The molecule has 63 heavy (non-hydrogen) atoms. The fraction of sp³-hybridized carbons (Fsp3) is 0. The molecule has 6 nitrogen and oxygen atoms in total. The summed E-state index contributed by atoms with van der Waals surface area (Å²) in [6.45, 7) is 0. The molecule has 9 aromatic carbocycles. The second kappa shape index (κ2) is 14.0. The lowest BCUT2D eigenvalue weighted by atomic mass is 9.98. The lowest BCUT2D eigenvalue weighted by molar-refractivity contribution is 0.670. The normalized spacial score (nSPS) is 11.8. The third kappa shape index (κ3) is 5.62. The van der Waals surface area contributed by atoms with Crippen molar-refractivity contribution in [2.75, 3.05) is 0 Å². The van der Waals surface area contributed by atoms with Gasteiger partial charge in [-0.3, -0.25) is 4.57 Å². The highest BCUT2D eigenvalue weighted by atomic mass is 16.3. The molecule has 0 N–H and O–H groups in total. The van der Waals surface area contributed by atoms with E-state index in [2.05, 4.69) is 155 Å². The summed E-state index contributed by atoms with van der Waals surface area (Å²) in [7, 11) is 0. The van der Waals surface area contributed by atoms with Gasteiger partial charge in [-0.05, 0) is 59.2 Å². The van der Waals surface area contributed by atoms with Crippen molar-refractivity contribution in [1.29, 1.82) is 0 Å². The van der Waals surface area contributed by atoms with E-state index in [0.717, 1.165) is 93.5 Å². The van der Waals surface area contributed by atoms with Crippen molar-refractivity contribution < 1.29 is 4.42 Å². The van der Waals surface area contributed by atoms with E-state index in [0.29, 0.717) is 17.6 Å². The van der Waals surface area contributed by atoms with Gasteiger partial charge in [0.15, 0.2) is 11.6 Å². The van der Waals surface area contributed by atoms with Gasteiger partial charge in [0.25, 0.3) is 0 Å². The Morgan fingerprint density at radius 1 is 0.317 bits per heavy atom. The van der Waals surface area contributed by atoms with Gasteiger partial charge in [0.1, 0.15) is 11.2 Å². The minimum absolute atomic E-state index is 0.567. The van der Waals surface area contributed by atoms with Crippen molar-refractivity contribution >= 4 is 65.6 Å². The third-order valence-electron chi connectivity index (χ3n) is 12.4. The van der Waals surface area contributed by atoms with Crippen LogP contribution in [0.2, 0.25) is 0 Å². The summed E-state index contributed by atoms with van der Waals surface area (Å²) >= 11 is 0. The zero-order valence-electron chi connectivity index (χ0n) is 33.9. The third-order valence-corrected chi connectivity index (χ3v) is 12.4. The molecule has 13 rings (SSSR count). The second-order valence-electron chi connectivity index (χ2n) is 16.0. The molecule has 0 spiro atoms. The summed E-state index contributed by atoms with van der Waals surface area (Å²) in [5.74, 6) is 1.81. The predicted molar refractivity (Wildman–Crippen MR) is 258 cm³/mol. The topological polar surface area (TPSA) is 61.7 Å². The average molecular weight is 806 g/mol. The molecule has 0 aliphatic heterocycles. The number of furan rings is 1. The largest absolute Gasteiger partial charge is 0.455 e. The number of hydrogen-bond acceptors (Lipinski definition) is 4. The van der Waals surface area contributed by atoms with Crippen LogP contribution in [0.25, 0.3) is 122 Å². The number of para-hydroxylation sites is 3. The number of fused-ring (bicyclic) bond motifs is 9.